The van der Waals surface area contributed by atoms with Crippen LogP contribution < -0.4 is 11.2 Å². The van der Waals surface area contributed by atoms with Gasteiger partial charge >= 0.3 is 5.69 Å². The fraction of sp³-hybridized carbons (Fsp3) is 0.400. The van der Waals surface area contributed by atoms with Crippen LogP contribution in [0, 0.1) is 0 Å². The number of nitrogens with zero attached hydrogens (tertiary/aromatic N) is 4. The summed E-state index contributed by atoms with van der Waals surface area (Å²) >= 11 is 0. The second kappa shape index (κ2) is 4.30. The molecule has 0 aromatic carbocycles. The molecule has 0 aliphatic carbocycles. The summed E-state index contributed by atoms with van der Waals surface area (Å²) in [4.78, 5) is 27.4. The molecule has 0 bridgehead atoms. The quantitative estimate of drug-likeness (QED) is 0.442. The highest BCUT2D eigenvalue weighted by Crippen LogP contribution is 2.41. The fourth-order valence-electron chi connectivity index (χ4n) is 1.94. The number of ether oxygens (including phenoxy) is 1. The van der Waals surface area contributed by atoms with Gasteiger partial charge in [-0.1, -0.05) is 11.7 Å². The third kappa shape index (κ3) is 1.90. The molecule has 0 amide bonds. The molecule has 9 nitrogen and oxygen atoms in total. The van der Waals surface area contributed by atoms with E-state index < -0.39 is 29.1 Å². The van der Waals surface area contributed by atoms with Gasteiger partial charge in [-0.25, -0.2) is 4.79 Å². The first-order chi connectivity index (χ1) is 8.90. The molecule has 2 rings (SSSR count). The lowest BCUT2D eigenvalue weighted by molar-refractivity contribution is 0.0452. The SMILES string of the molecule is C=C1O[C@@H](n2ccc(=O)[nH]c2=O)[C@](C)(N=[N+]=[N-])C1O. The van der Waals surface area contributed by atoms with Crippen molar-refractivity contribution in [2.75, 3.05) is 0 Å². The molecule has 1 aromatic heterocycles. The highest BCUT2D eigenvalue weighted by molar-refractivity contribution is 5.15. The monoisotopic (exact) mass is 265 g/mol. The maximum Gasteiger partial charge on any atom is 0.331 e. The lowest BCUT2D eigenvalue weighted by Gasteiger charge is -2.26. The number of rotatable bonds is 2. The molecule has 1 aromatic rings. The predicted octanol–water partition coefficient (Wildman–Crippen LogP) is 0.00900. The van der Waals surface area contributed by atoms with Crippen molar-refractivity contribution in [3.8, 4) is 0 Å². The number of nitrogens with one attached hydrogen (secondary N) is 1. The van der Waals surface area contributed by atoms with E-state index in [1.54, 1.807) is 0 Å². The molecule has 3 atom stereocenters. The van der Waals surface area contributed by atoms with Crippen molar-refractivity contribution >= 4 is 0 Å². The second-order valence-corrected chi connectivity index (χ2v) is 4.27. The van der Waals surface area contributed by atoms with Gasteiger partial charge in [0.2, 0.25) is 0 Å². The summed E-state index contributed by atoms with van der Waals surface area (Å²) in [6.45, 7) is 4.92. The van der Waals surface area contributed by atoms with Gasteiger partial charge in [0.1, 0.15) is 17.4 Å². The van der Waals surface area contributed by atoms with E-state index in [0.717, 1.165) is 10.6 Å². The number of azide groups is 1. The van der Waals surface area contributed by atoms with Crippen molar-refractivity contribution in [1.29, 1.82) is 0 Å². The van der Waals surface area contributed by atoms with Crippen LogP contribution in [0.15, 0.2) is 39.3 Å². The van der Waals surface area contributed by atoms with Crippen LogP contribution in [0.3, 0.4) is 0 Å². The molecule has 2 N–H and O–H groups in total. The number of aromatic nitrogens is 2. The van der Waals surface area contributed by atoms with E-state index in [0.29, 0.717) is 0 Å². The zero-order chi connectivity index (χ0) is 14.2. The molecule has 0 spiro atoms. The van der Waals surface area contributed by atoms with Crippen LogP contribution in [-0.2, 0) is 4.74 Å². The van der Waals surface area contributed by atoms with Gasteiger partial charge in [-0.05, 0) is 12.5 Å². The summed E-state index contributed by atoms with van der Waals surface area (Å²) in [7, 11) is 0. The molecule has 0 radical (unpaired) electrons. The summed E-state index contributed by atoms with van der Waals surface area (Å²) in [5.41, 5.74) is 5.85. The molecule has 2 heterocycles. The molecule has 0 saturated carbocycles. The van der Waals surface area contributed by atoms with Gasteiger partial charge in [-0.15, -0.1) is 0 Å². The molecule has 100 valence electrons. The zero-order valence-electron chi connectivity index (χ0n) is 9.98. The fourth-order valence-corrected chi connectivity index (χ4v) is 1.94. The van der Waals surface area contributed by atoms with Gasteiger partial charge in [-0.3, -0.25) is 14.3 Å². The third-order valence-electron chi connectivity index (χ3n) is 2.99. The van der Waals surface area contributed by atoms with Crippen molar-refractivity contribution in [1.82, 2.24) is 9.55 Å². The topological polar surface area (TPSA) is 133 Å². The Balaban J connectivity index is 2.60. The van der Waals surface area contributed by atoms with Crippen molar-refractivity contribution in [2.24, 2.45) is 5.11 Å². The van der Waals surface area contributed by atoms with Crippen molar-refractivity contribution in [2.45, 2.75) is 24.8 Å². The number of aromatic amines is 1. The minimum absolute atomic E-state index is 0.0157. The first-order valence-electron chi connectivity index (χ1n) is 5.31. The standard InChI is InChI=1S/C10H11N5O4/c1-5-7(17)10(2,13-14-11)8(19-5)15-4-3-6(16)12-9(15)18/h3-4,7-8,17H,1H2,2H3,(H,12,16,18)/t7?,8-,10-/m1/s1. The maximum absolute atomic E-state index is 11.7. The number of H-pyrrole nitrogens is 1. The van der Waals surface area contributed by atoms with E-state index in [-0.39, 0.29) is 5.76 Å². The zero-order valence-corrected chi connectivity index (χ0v) is 9.98. The molecule has 1 aliphatic heterocycles. The highest BCUT2D eigenvalue weighted by Gasteiger charge is 2.51. The molecule has 1 unspecified atom stereocenters. The van der Waals surface area contributed by atoms with Crippen LogP contribution in [0.5, 0.6) is 0 Å². The van der Waals surface area contributed by atoms with Crippen molar-refractivity contribution < 1.29 is 9.84 Å². The Labute approximate surface area is 106 Å². The van der Waals surface area contributed by atoms with Crippen molar-refractivity contribution in [3.05, 3.63) is 55.9 Å². The lowest BCUT2D eigenvalue weighted by atomic mass is 9.95. The normalized spacial score (nSPS) is 29.7. The van der Waals surface area contributed by atoms with Gasteiger partial charge in [0.15, 0.2) is 6.23 Å². The van der Waals surface area contributed by atoms with Crippen molar-refractivity contribution in [3.63, 3.8) is 0 Å². The van der Waals surface area contributed by atoms with Crippen LogP contribution in [0.1, 0.15) is 13.2 Å². The van der Waals surface area contributed by atoms with Crippen LogP contribution in [-0.4, -0.2) is 26.3 Å². The third-order valence-corrected chi connectivity index (χ3v) is 2.99. The van der Waals surface area contributed by atoms with Crippen LogP contribution in [0.2, 0.25) is 0 Å². The maximum atomic E-state index is 11.7. The molecule has 1 saturated heterocycles. The molecule has 19 heavy (non-hydrogen) atoms. The first kappa shape index (κ1) is 12.9. The Bertz CT molecular complexity index is 686. The van der Waals surface area contributed by atoms with E-state index in [1.807, 2.05) is 0 Å². The van der Waals surface area contributed by atoms with E-state index in [2.05, 4.69) is 21.6 Å². The summed E-state index contributed by atoms with van der Waals surface area (Å²) in [5.74, 6) is -0.0157. The van der Waals surface area contributed by atoms with E-state index in [4.69, 9.17) is 10.3 Å². The van der Waals surface area contributed by atoms with E-state index in [1.165, 1.54) is 13.1 Å². The summed E-state index contributed by atoms with van der Waals surface area (Å²) < 4.78 is 6.31. The highest BCUT2D eigenvalue weighted by atomic mass is 16.5. The number of aliphatic hydroxyl groups is 1. The van der Waals surface area contributed by atoms with Crippen LogP contribution >= 0.6 is 0 Å². The number of aliphatic hydroxyl groups excluding tert-OH is 1. The van der Waals surface area contributed by atoms with Crippen LogP contribution in [0.25, 0.3) is 10.4 Å². The Morgan fingerprint density at radius 3 is 2.95 bits per heavy atom. The van der Waals surface area contributed by atoms with Gasteiger partial charge in [-0.2, -0.15) is 0 Å². The van der Waals surface area contributed by atoms with Gasteiger partial charge in [0.05, 0.1) is 0 Å². The lowest BCUT2D eigenvalue weighted by Crippen LogP contribution is -2.43. The average molecular weight is 265 g/mol. The largest absolute Gasteiger partial charge is 0.471 e. The predicted molar refractivity (Wildman–Crippen MR) is 64.1 cm³/mol. The molecular formula is C10H11N5O4. The molecule has 1 fully saturated rings. The first-order valence-corrected chi connectivity index (χ1v) is 5.31. The Morgan fingerprint density at radius 1 is 1.68 bits per heavy atom. The molecular weight excluding hydrogens is 254 g/mol. The molecule has 9 heteroatoms. The van der Waals surface area contributed by atoms with Gasteiger partial charge in [0, 0.05) is 17.2 Å². The summed E-state index contributed by atoms with van der Waals surface area (Å²) in [6, 6.07) is 1.12. The Hall–Kier alpha value is -2.51. The van der Waals surface area contributed by atoms with Crippen LogP contribution in [0.4, 0.5) is 0 Å². The second-order valence-electron chi connectivity index (χ2n) is 4.27. The van der Waals surface area contributed by atoms with E-state index in [9.17, 15) is 14.7 Å². The average Bonchev–Trinajstić information content (AvgIpc) is 2.55. The van der Waals surface area contributed by atoms with Gasteiger partial charge < -0.3 is 9.84 Å². The minimum Gasteiger partial charge on any atom is -0.471 e. The molecule has 1 aliphatic rings. The number of hydrogen-bond donors (Lipinski definition) is 2. The summed E-state index contributed by atoms with van der Waals surface area (Å²) in [6.07, 6.45) is -1.15. The minimum atomic E-state index is -1.44. The van der Waals surface area contributed by atoms with E-state index >= 15 is 0 Å². The Kier molecular flexibility index (Phi) is 2.93. The smallest absolute Gasteiger partial charge is 0.331 e. The number of hydrogen-bond acceptors (Lipinski definition) is 5. The van der Waals surface area contributed by atoms with Gasteiger partial charge in [0.25, 0.3) is 5.56 Å². The Morgan fingerprint density at radius 2 is 2.37 bits per heavy atom. The summed E-state index contributed by atoms with van der Waals surface area (Å²) in [5, 5.41) is 13.4.